The van der Waals surface area contributed by atoms with Crippen LogP contribution in [0.4, 0.5) is 0 Å². The molecule has 2 aromatic rings. The summed E-state index contributed by atoms with van der Waals surface area (Å²) in [5, 5.41) is 14.3. The lowest BCUT2D eigenvalue weighted by Crippen LogP contribution is -2.46. The number of hydrogen-bond acceptors (Lipinski definition) is 3. The van der Waals surface area contributed by atoms with Crippen molar-refractivity contribution in [3.8, 4) is 0 Å². The Morgan fingerprint density at radius 1 is 0.920 bits per heavy atom. The Morgan fingerprint density at radius 2 is 1.44 bits per heavy atom. The Morgan fingerprint density at radius 3 is 1.88 bits per heavy atom. The number of rotatable bonds is 7. The molecule has 25 heavy (non-hydrogen) atoms. The molecule has 0 aliphatic heterocycles. The van der Waals surface area contributed by atoms with Gasteiger partial charge in [-0.1, -0.05) is 67.6 Å². The molecule has 0 radical (unpaired) electrons. The number of carbonyl (C=O) groups is 2. The van der Waals surface area contributed by atoms with E-state index in [1.165, 1.54) is 0 Å². The van der Waals surface area contributed by atoms with E-state index in [-0.39, 0.29) is 12.5 Å². The third-order valence-corrected chi connectivity index (χ3v) is 4.13. The molecule has 0 spiro atoms. The van der Waals surface area contributed by atoms with Crippen LogP contribution in [0.5, 0.6) is 0 Å². The van der Waals surface area contributed by atoms with Gasteiger partial charge in [0.05, 0.1) is 12.6 Å². The van der Waals surface area contributed by atoms with E-state index in [4.69, 9.17) is 5.11 Å². The molecule has 0 bridgehead atoms. The predicted octanol–water partition coefficient (Wildman–Crippen LogP) is 1.82. The summed E-state index contributed by atoms with van der Waals surface area (Å²) in [6.45, 7) is 1.96. The first kappa shape index (κ1) is 18.7. The molecule has 1 atom stereocenters. The fourth-order valence-corrected chi connectivity index (χ4v) is 2.60. The first-order chi connectivity index (χ1) is 12.2. The van der Waals surface area contributed by atoms with Gasteiger partial charge in [0.1, 0.15) is 0 Å². The van der Waals surface area contributed by atoms with Gasteiger partial charge in [-0.3, -0.25) is 9.59 Å². The highest BCUT2D eigenvalue weighted by Crippen LogP contribution is 2.23. The van der Waals surface area contributed by atoms with Gasteiger partial charge in [-0.15, -0.1) is 0 Å². The van der Waals surface area contributed by atoms with Crippen LogP contribution in [0.3, 0.4) is 0 Å². The minimum absolute atomic E-state index is 0.0426. The van der Waals surface area contributed by atoms with Crippen LogP contribution in [0.2, 0.25) is 0 Å². The second-order valence-electron chi connectivity index (χ2n) is 5.85. The molecule has 0 saturated carbocycles. The lowest BCUT2D eigenvalue weighted by molar-refractivity contribution is -0.139. The summed E-state index contributed by atoms with van der Waals surface area (Å²) in [6.07, 6.45) is 0.562. The van der Waals surface area contributed by atoms with Gasteiger partial charge in [0.2, 0.25) is 0 Å². The summed E-state index contributed by atoms with van der Waals surface area (Å²) >= 11 is 0. The number of amides is 2. The fraction of sp³-hybridized carbons (Fsp3) is 0.300. The third-order valence-electron chi connectivity index (χ3n) is 4.13. The van der Waals surface area contributed by atoms with E-state index in [0.29, 0.717) is 13.0 Å². The predicted molar refractivity (Wildman–Crippen MR) is 97.0 cm³/mol. The standard InChI is InChI=1S/C20H24N2O3/c1-2-17(14-23)22-20(25)19(24)21-13-18(15-9-5-3-6-10-15)16-11-7-4-8-12-16/h3-12,17-18,23H,2,13-14H2,1H3,(H,21,24)(H,22,25)/t17-/m1/s1. The largest absolute Gasteiger partial charge is 0.394 e. The smallest absolute Gasteiger partial charge is 0.309 e. The molecule has 132 valence electrons. The highest BCUT2D eigenvalue weighted by Gasteiger charge is 2.20. The van der Waals surface area contributed by atoms with Crippen molar-refractivity contribution in [1.82, 2.24) is 10.6 Å². The molecule has 5 nitrogen and oxygen atoms in total. The first-order valence-electron chi connectivity index (χ1n) is 8.45. The maximum absolute atomic E-state index is 12.1. The minimum Gasteiger partial charge on any atom is -0.394 e. The maximum atomic E-state index is 12.1. The Labute approximate surface area is 148 Å². The molecule has 0 unspecified atom stereocenters. The zero-order valence-corrected chi connectivity index (χ0v) is 14.3. The van der Waals surface area contributed by atoms with E-state index in [1.54, 1.807) is 0 Å². The molecule has 2 amide bonds. The molecule has 2 aromatic carbocycles. The second-order valence-corrected chi connectivity index (χ2v) is 5.85. The highest BCUT2D eigenvalue weighted by atomic mass is 16.3. The first-order valence-corrected chi connectivity index (χ1v) is 8.45. The lowest BCUT2D eigenvalue weighted by atomic mass is 9.91. The van der Waals surface area contributed by atoms with Crippen LogP contribution in [0.1, 0.15) is 30.4 Å². The summed E-state index contributed by atoms with van der Waals surface area (Å²) in [5.74, 6) is -1.46. The van der Waals surface area contributed by atoms with Crippen molar-refractivity contribution in [2.75, 3.05) is 13.2 Å². The number of nitrogens with one attached hydrogen (secondary N) is 2. The van der Waals surface area contributed by atoms with Gasteiger partial charge < -0.3 is 15.7 Å². The molecular formula is C20H24N2O3. The minimum atomic E-state index is -0.722. The van der Waals surface area contributed by atoms with Crippen molar-refractivity contribution >= 4 is 11.8 Å². The van der Waals surface area contributed by atoms with Crippen molar-refractivity contribution < 1.29 is 14.7 Å². The lowest BCUT2D eigenvalue weighted by Gasteiger charge is -2.19. The Bertz CT molecular complexity index is 630. The number of benzene rings is 2. The Hall–Kier alpha value is -2.66. The molecule has 2 rings (SSSR count). The van der Waals surface area contributed by atoms with Crippen LogP contribution in [-0.4, -0.2) is 36.1 Å². The summed E-state index contributed by atoms with van der Waals surface area (Å²) in [6, 6.07) is 19.3. The van der Waals surface area contributed by atoms with Crippen molar-refractivity contribution in [2.45, 2.75) is 25.3 Å². The molecule has 0 fully saturated rings. The summed E-state index contributed by atoms with van der Waals surface area (Å²) in [7, 11) is 0. The molecule has 0 aromatic heterocycles. The van der Waals surface area contributed by atoms with Crippen LogP contribution in [0.15, 0.2) is 60.7 Å². The van der Waals surface area contributed by atoms with Gasteiger partial charge in [0.15, 0.2) is 0 Å². The van der Waals surface area contributed by atoms with Gasteiger partial charge in [-0.05, 0) is 17.5 Å². The summed E-state index contributed by atoms with van der Waals surface area (Å²) < 4.78 is 0. The van der Waals surface area contributed by atoms with Crippen LogP contribution >= 0.6 is 0 Å². The highest BCUT2D eigenvalue weighted by molar-refractivity contribution is 6.35. The molecule has 0 aliphatic carbocycles. The molecule has 0 saturated heterocycles. The quantitative estimate of drug-likeness (QED) is 0.673. The Balaban J connectivity index is 2.05. The number of aliphatic hydroxyl groups is 1. The summed E-state index contributed by atoms with van der Waals surface area (Å²) in [5.41, 5.74) is 2.13. The van der Waals surface area contributed by atoms with Gasteiger partial charge in [0.25, 0.3) is 0 Å². The van der Waals surface area contributed by atoms with E-state index in [1.807, 2.05) is 67.6 Å². The number of hydrogen-bond donors (Lipinski definition) is 3. The normalized spacial score (nSPS) is 11.8. The van der Waals surface area contributed by atoms with Crippen LogP contribution < -0.4 is 10.6 Å². The number of carbonyl (C=O) groups excluding carboxylic acids is 2. The second kappa shape index (κ2) is 9.59. The van der Waals surface area contributed by atoms with Crippen molar-refractivity contribution in [3.05, 3.63) is 71.8 Å². The van der Waals surface area contributed by atoms with Crippen molar-refractivity contribution in [2.24, 2.45) is 0 Å². The molecule has 0 heterocycles. The van der Waals surface area contributed by atoms with Gasteiger partial charge in [-0.2, -0.15) is 0 Å². The molecule has 3 N–H and O–H groups in total. The van der Waals surface area contributed by atoms with E-state index in [0.717, 1.165) is 11.1 Å². The molecule has 0 aliphatic rings. The van der Waals surface area contributed by atoms with Crippen LogP contribution in [0, 0.1) is 0 Å². The van der Waals surface area contributed by atoms with Crippen molar-refractivity contribution in [1.29, 1.82) is 0 Å². The average molecular weight is 340 g/mol. The summed E-state index contributed by atoms with van der Waals surface area (Å²) in [4.78, 5) is 24.0. The van der Waals surface area contributed by atoms with Crippen LogP contribution in [-0.2, 0) is 9.59 Å². The average Bonchev–Trinajstić information content (AvgIpc) is 2.67. The zero-order chi connectivity index (χ0) is 18.1. The van der Waals surface area contributed by atoms with Gasteiger partial charge in [0, 0.05) is 12.5 Å². The van der Waals surface area contributed by atoms with Crippen molar-refractivity contribution in [3.63, 3.8) is 0 Å². The third kappa shape index (κ3) is 5.43. The van der Waals surface area contributed by atoms with Gasteiger partial charge >= 0.3 is 11.8 Å². The molecule has 5 heteroatoms. The van der Waals surface area contributed by atoms with E-state index in [2.05, 4.69) is 10.6 Å². The molecular weight excluding hydrogens is 316 g/mol. The zero-order valence-electron chi connectivity index (χ0n) is 14.3. The Kier molecular flexibility index (Phi) is 7.16. The fourth-order valence-electron chi connectivity index (χ4n) is 2.60. The SMILES string of the molecule is CC[C@H](CO)NC(=O)C(=O)NCC(c1ccccc1)c1ccccc1. The maximum Gasteiger partial charge on any atom is 0.309 e. The van der Waals surface area contributed by atoms with E-state index < -0.39 is 17.9 Å². The van der Waals surface area contributed by atoms with Crippen LogP contribution in [0.25, 0.3) is 0 Å². The topological polar surface area (TPSA) is 78.4 Å². The van der Waals surface area contributed by atoms with E-state index in [9.17, 15) is 9.59 Å². The number of aliphatic hydroxyl groups excluding tert-OH is 1. The monoisotopic (exact) mass is 340 g/mol. The van der Waals surface area contributed by atoms with Gasteiger partial charge in [-0.25, -0.2) is 0 Å². The van der Waals surface area contributed by atoms with E-state index >= 15 is 0 Å².